The number of hydrogen-bond donors (Lipinski definition) is 1. The summed E-state index contributed by atoms with van der Waals surface area (Å²) in [6, 6.07) is 0. The molecule has 0 aliphatic carbocycles. The van der Waals surface area contributed by atoms with Crippen LogP contribution in [0.2, 0.25) is 0 Å². The molecule has 20 heavy (non-hydrogen) atoms. The molecule has 1 atom stereocenters. The van der Waals surface area contributed by atoms with Gasteiger partial charge in [0.2, 0.25) is 5.91 Å². The molecule has 110 valence electrons. The normalized spacial score (nSPS) is 26.4. The largest absolute Gasteiger partial charge is 0.333 e. The number of amides is 1. The Kier molecular flexibility index (Phi) is 3.78. The van der Waals surface area contributed by atoms with Crippen LogP contribution in [0.25, 0.3) is 0 Å². The lowest BCUT2D eigenvalue weighted by Crippen LogP contribution is -2.53. The van der Waals surface area contributed by atoms with E-state index >= 15 is 0 Å². The molecule has 5 heteroatoms. The molecule has 1 saturated heterocycles. The monoisotopic (exact) mass is 276 g/mol. The second-order valence-electron chi connectivity index (χ2n) is 6.07. The number of hydrogen-bond acceptors (Lipinski definition) is 3. The van der Waals surface area contributed by atoms with Gasteiger partial charge in [0.15, 0.2) is 0 Å². The average molecular weight is 276 g/mol. The van der Waals surface area contributed by atoms with Gasteiger partial charge in [0.1, 0.15) is 5.82 Å². The van der Waals surface area contributed by atoms with E-state index in [-0.39, 0.29) is 5.41 Å². The van der Waals surface area contributed by atoms with Crippen LogP contribution in [-0.4, -0.2) is 40.0 Å². The summed E-state index contributed by atoms with van der Waals surface area (Å²) in [5.74, 6) is 1.35. The summed E-state index contributed by atoms with van der Waals surface area (Å²) >= 11 is 0. The number of nitrogens with one attached hydrogen (secondary N) is 1. The number of aromatic nitrogens is 2. The van der Waals surface area contributed by atoms with Crippen LogP contribution in [0.5, 0.6) is 0 Å². The van der Waals surface area contributed by atoms with Crippen molar-refractivity contribution in [3.63, 3.8) is 0 Å². The standard InChI is InChI=1S/C15H24N4O/c1-2-4-15(5-3-6-16-12-15)14(20)19-10-9-18-8-7-17-13(18)11-19/h7-8,16H,2-6,9-12H2,1H3. The van der Waals surface area contributed by atoms with Gasteiger partial charge >= 0.3 is 0 Å². The second kappa shape index (κ2) is 5.56. The van der Waals surface area contributed by atoms with Crippen molar-refractivity contribution in [1.82, 2.24) is 19.8 Å². The first-order valence-corrected chi connectivity index (χ1v) is 7.75. The first kappa shape index (κ1) is 13.6. The molecule has 3 rings (SSSR count). The molecular formula is C15H24N4O. The SMILES string of the molecule is CCCC1(C(=O)N2CCn3ccnc3C2)CCCNC1. The summed E-state index contributed by atoms with van der Waals surface area (Å²) < 4.78 is 2.15. The van der Waals surface area contributed by atoms with Crippen molar-refractivity contribution in [2.45, 2.75) is 45.7 Å². The highest BCUT2D eigenvalue weighted by Crippen LogP contribution is 2.34. The minimum Gasteiger partial charge on any atom is -0.333 e. The number of fused-ring (bicyclic) bond motifs is 1. The Morgan fingerprint density at radius 2 is 2.40 bits per heavy atom. The molecule has 3 heterocycles. The molecule has 2 aliphatic heterocycles. The molecule has 1 unspecified atom stereocenters. The molecule has 0 aromatic carbocycles. The topological polar surface area (TPSA) is 50.2 Å². The van der Waals surface area contributed by atoms with E-state index < -0.39 is 0 Å². The van der Waals surface area contributed by atoms with Crippen molar-refractivity contribution in [2.75, 3.05) is 19.6 Å². The van der Waals surface area contributed by atoms with Crippen molar-refractivity contribution in [3.8, 4) is 0 Å². The van der Waals surface area contributed by atoms with Crippen molar-refractivity contribution in [1.29, 1.82) is 0 Å². The van der Waals surface area contributed by atoms with Crippen LogP contribution in [0.4, 0.5) is 0 Å². The van der Waals surface area contributed by atoms with Crippen molar-refractivity contribution in [3.05, 3.63) is 18.2 Å². The van der Waals surface area contributed by atoms with Gasteiger partial charge in [0.25, 0.3) is 0 Å². The number of rotatable bonds is 3. The zero-order chi connectivity index (χ0) is 14.0. The fraction of sp³-hybridized carbons (Fsp3) is 0.733. The quantitative estimate of drug-likeness (QED) is 0.908. The van der Waals surface area contributed by atoms with Crippen LogP contribution in [0.15, 0.2) is 12.4 Å². The van der Waals surface area contributed by atoms with Crippen LogP contribution < -0.4 is 5.32 Å². The minimum absolute atomic E-state index is 0.179. The van der Waals surface area contributed by atoms with E-state index in [4.69, 9.17) is 0 Å². The Balaban J connectivity index is 1.77. The molecular weight excluding hydrogens is 252 g/mol. The summed E-state index contributed by atoms with van der Waals surface area (Å²) in [7, 11) is 0. The molecule has 0 saturated carbocycles. The molecule has 1 N–H and O–H groups in total. The number of carbonyl (C=O) groups excluding carboxylic acids is 1. The van der Waals surface area contributed by atoms with Gasteiger partial charge in [0, 0.05) is 32.0 Å². The first-order valence-electron chi connectivity index (χ1n) is 7.75. The fourth-order valence-corrected chi connectivity index (χ4v) is 3.63. The third-order valence-electron chi connectivity index (χ3n) is 4.69. The zero-order valence-corrected chi connectivity index (χ0v) is 12.3. The van der Waals surface area contributed by atoms with E-state index in [1.54, 1.807) is 0 Å². The van der Waals surface area contributed by atoms with E-state index in [1.165, 1.54) is 0 Å². The molecule has 0 bridgehead atoms. The highest BCUT2D eigenvalue weighted by molar-refractivity contribution is 5.83. The highest BCUT2D eigenvalue weighted by Gasteiger charge is 2.42. The number of carbonyl (C=O) groups is 1. The van der Waals surface area contributed by atoms with Gasteiger partial charge in [0.05, 0.1) is 12.0 Å². The second-order valence-corrected chi connectivity index (χ2v) is 6.07. The van der Waals surface area contributed by atoms with E-state index in [2.05, 4.69) is 21.8 Å². The van der Waals surface area contributed by atoms with Gasteiger partial charge in [-0.25, -0.2) is 4.98 Å². The zero-order valence-electron chi connectivity index (χ0n) is 12.3. The van der Waals surface area contributed by atoms with Crippen LogP contribution >= 0.6 is 0 Å². The molecule has 5 nitrogen and oxygen atoms in total. The van der Waals surface area contributed by atoms with Crippen molar-refractivity contribution in [2.24, 2.45) is 5.41 Å². The molecule has 1 aromatic rings. The summed E-state index contributed by atoms with van der Waals surface area (Å²) in [5, 5.41) is 3.43. The van der Waals surface area contributed by atoms with E-state index in [1.807, 2.05) is 17.3 Å². The number of nitrogens with zero attached hydrogens (tertiary/aromatic N) is 3. The van der Waals surface area contributed by atoms with Gasteiger partial charge in [-0.05, 0) is 25.8 Å². The molecule has 1 amide bonds. The summed E-state index contributed by atoms with van der Waals surface area (Å²) in [4.78, 5) is 19.4. The fourth-order valence-electron chi connectivity index (χ4n) is 3.63. The maximum Gasteiger partial charge on any atom is 0.230 e. The van der Waals surface area contributed by atoms with Crippen molar-refractivity contribution >= 4 is 5.91 Å². The molecule has 0 radical (unpaired) electrons. The van der Waals surface area contributed by atoms with Gasteiger partial charge in [-0.1, -0.05) is 13.3 Å². The van der Waals surface area contributed by atoms with E-state index in [0.717, 1.165) is 57.7 Å². The summed E-state index contributed by atoms with van der Waals surface area (Å²) in [6.07, 6.45) is 8.01. The maximum atomic E-state index is 13.0. The number of piperidine rings is 1. The summed E-state index contributed by atoms with van der Waals surface area (Å²) in [6.45, 7) is 6.40. The van der Waals surface area contributed by atoms with Gasteiger partial charge < -0.3 is 14.8 Å². The Bertz CT molecular complexity index is 470. The van der Waals surface area contributed by atoms with Crippen LogP contribution in [0.1, 0.15) is 38.4 Å². The Labute approximate surface area is 120 Å². The molecule has 0 spiro atoms. The Morgan fingerprint density at radius 3 is 3.15 bits per heavy atom. The van der Waals surface area contributed by atoms with E-state index in [0.29, 0.717) is 12.5 Å². The maximum absolute atomic E-state index is 13.0. The minimum atomic E-state index is -0.179. The van der Waals surface area contributed by atoms with Gasteiger partial charge in [-0.2, -0.15) is 0 Å². The predicted molar refractivity (Wildman–Crippen MR) is 77.1 cm³/mol. The Morgan fingerprint density at radius 1 is 1.50 bits per heavy atom. The smallest absolute Gasteiger partial charge is 0.230 e. The predicted octanol–water partition coefficient (Wildman–Crippen LogP) is 1.40. The van der Waals surface area contributed by atoms with Crippen LogP contribution in [0, 0.1) is 5.41 Å². The molecule has 1 fully saturated rings. The first-order chi connectivity index (χ1) is 9.75. The van der Waals surface area contributed by atoms with Crippen molar-refractivity contribution < 1.29 is 4.79 Å². The highest BCUT2D eigenvalue weighted by atomic mass is 16.2. The van der Waals surface area contributed by atoms with Crippen LogP contribution in [-0.2, 0) is 17.9 Å². The van der Waals surface area contributed by atoms with Gasteiger partial charge in [-0.3, -0.25) is 4.79 Å². The number of imidazole rings is 1. The molecule has 2 aliphatic rings. The Hall–Kier alpha value is -1.36. The summed E-state index contributed by atoms with van der Waals surface area (Å²) in [5.41, 5.74) is -0.179. The van der Waals surface area contributed by atoms with E-state index in [9.17, 15) is 4.79 Å². The lowest BCUT2D eigenvalue weighted by atomic mass is 9.75. The molecule has 1 aromatic heterocycles. The van der Waals surface area contributed by atoms with Gasteiger partial charge in [-0.15, -0.1) is 0 Å². The third kappa shape index (κ3) is 2.35. The average Bonchev–Trinajstić information content (AvgIpc) is 2.95. The third-order valence-corrected chi connectivity index (χ3v) is 4.69. The van der Waals surface area contributed by atoms with Crippen LogP contribution in [0.3, 0.4) is 0 Å². The lowest BCUT2D eigenvalue weighted by Gasteiger charge is -2.41. The lowest BCUT2D eigenvalue weighted by molar-refractivity contribution is -0.145.